The topological polar surface area (TPSA) is 74.2 Å². The first-order chi connectivity index (χ1) is 9.04. The second-order valence-electron chi connectivity index (χ2n) is 4.16. The molecule has 0 saturated carbocycles. The van der Waals surface area contributed by atoms with Crippen LogP contribution in [0.15, 0.2) is 30.5 Å². The number of aryl methyl sites for hydroxylation is 1. The number of anilines is 2. The highest BCUT2D eigenvalue weighted by atomic mass is 32.1. The number of aromatic nitrogens is 1. The number of benzene rings is 1. The van der Waals surface area contributed by atoms with Crippen molar-refractivity contribution in [3.05, 3.63) is 40.9 Å². The van der Waals surface area contributed by atoms with E-state index in [-0.39, 0.29) is 6.03 Å². The summed E-state index contributed by atoms with van der Waals surface area (Å²) in [6, 6.07) is 6.73. The van der Waals surface area contributed by atoms with E-state index in [1.807, 2.05) is 6.92 Å². The monoisotopic (exact) mass is 277 g/mol. The molecule has 5 nitrogen and oxygen atoms in total. The largest absolute Gasteiger partial charge is 0.389 e. The molecule has 0 radical (unpaired) electrons. The molecule has 0 aliphatic heterocycles. The number of carbonyl (C=O) groups excluding carboxylic acids is 1. The molecule has 0 saturated heterocycles. The van der Waals surface area contributed by atoms with Crippen molar-refractivity contribution in [2.75, 3.05) is 10.6 Å². The number of urea groups is 1. The molecule has 2 aromatic rings. The van der Waals surface area contributed by atoms with E-state index in [2.05, 4.69) is 15.6 Å². The van der Waals surface area contributed by atoms with E-state index >= 15 is 0 Å². The van der Waals surface area contributed by atoms with Gasteiger partial charge < -0.3 is 10.4 Å². The number of nitrogens with one attached hydrogen (secondary N) is 2. The minimum absolute atomic E-state index is 0.350. The molecule has 6 heteroatoms. The molecule has 19 heavy (non-hydrogen) atoms. The lowest BCUT2D eigenvalue weighted by molar-refractivity contribution is 0.199. The van der Waals surface area contributed by atoms with E-state index in [0.717, 1.165) is 10.4 Å². The van der Waals surface area contributed by atoms with Crippen LogP contribution in [0, 0.1) is 6.92 Å². The van der Waals surface area contributed by atoms with Gasteiger partial charge in [-0.1, -0.05) is 12.1 Å². The van der Waals surface area contributed by atoms with Crippen molar-refractivity contribution in [2.45, 2.75) is 20.0 Å². The summed E-state index contributed by atoms with van der Waals surface area (Å²) in [5, 5.41) is 15.4. The van der Waals surface area contributed by atoms with Crippen molar-refractivity contribution in [3.8, 4) is 0 Å². The molecule has 0 bridgehead atoms. The van der Waals surface area contributed by atoms with Gasteiger partial charge in [0.1, 0.15) is 0 Å². The smallest absolute Gasteiger partial charge is 0.325 e. The van der Waals surface area contributed by atoms with Crippen molar-refractivity contribution in [3.63, 3.8) is 0 Å². The van der Waals surface area contributed by atoms with Gasteiger partial charge in [-0.3, -0.25) is 5.32 Å². The standard InChI is InChI=1S/C13H15N3O2S/c1-8-7-14-13(19-8)16-12(18)15-11-5-3-4-10(6-11)9(2)17/h3-7,9,17H,1-2H3,(H2,14,15,16,18). The molecule has 100 valence electrons. The van der Waals surface area contributed by atoms with Crippen LogP contribution < -0.4 is 10.6 Å². The van der Waals surface area contributed by atoms with E-state index in [9.17, 15) is 9.90 Å². The van der Waals surface area contributed by atoms with Crippen LogP contribution in [0.4, 0.5) is 15.6 Å². The van der Waals surface area contributed by atoms with Gasteiger partial charge in [-0.05, 0) is 31.5 Å². The minimum atomic E-state index is -0.563. The molecule has 1 heterocycles. The number of hydrogen-bond acceptors (Lipinski definition) is 4. The maximum atomic E-state index is 11.8. The summed E-state index contributed by atoms with van der Waals surface area (Å²) < 4.78 is 0. The lowest BCUT2D eigenvalue weighted by atomic mass is 10.1. The molecule has 0 aliphatic rings. The molecule has 1 unspecified atom stereocenters. The summed E-state index contributed by atoms with van der Waals surface area (Å²) in [4.78, 5) is 16.8. The van der Waals surface area contributed by atoms with E-state index in [1.165, 1.54) is 11.3 Å². The van der Waals surface area contributed by atoms with Crippen LogP contribution >= 0.6 is 11.3 Å². The summed E-state index contributed by atoms with van der Waals surface area (Å²) in [5.74, 6) is 0. The van der Waals surface area contributed by atoms with Crippen molar-refractivity contribution in [1.29, 1.82) is 0 Å². The molecule has 2 rings (SSSR count). The highest BCUT2D eigenvalue weighted by molar-refractivity contribution is 7.15. The molecule has 0 aliphatic carbocycles. The normalized spacial score (nSPS) is 11.9. The average molecular weight is 277 g/mol. The zero-order chi connectivity index (χ0) is 13.8. The number of aliphatic hydroxyl groups excluding tert-OH is 1. The minimum Gasteiger partial charge on any atom is -0.389 e. The van der Waals surface area contributed by atoms with E-state index in [1.54, 1.807) is 37.4 Å². The number of rotatable bonds is 3. The predicted octanol–water partition coefficient (Wildman–Crippen LogP) is 3.15. The Balaban J connectivity index is 2.00. The fraction of sp³-hybridized carbons (Fsp3) is 0.231. The third-order valence-electron chi connectivity index (χ3n) is 2.47. The van der Waals surface area contributed by atoms with Gasteiger partial charge in [0.15, 0.2) is 5.13 Å². The quantitative estimate of drug-likeness (QED) is 0.806. The van der Waals surface area contributed by atoms with Gasteiger partial charge >= 0.3 is 6.03 Å². The van der Waals surface area contributed by atoms with Gasteiger partial charge in [0.2, 0.25) is 0 Å². The van der Waals surface area contributed by atoms with Crippen LogP contribution in [0.2, 0.25) is 0 Å². The van der Waals surface area contributed by atoms with Gasteiger partial charge in [-0.2, -0.15) is 0 Å². The summed E-state index contributed by atoms with van der Waals surface area (Å²) in [7, 11) is 0. The molecular formula is C13H15N3O2S. The van der Waals surface area contributed by atoms with Crippen molar-refractivity contribution in [1.82, 2.24) is 4.98 Å². The van der Waals surface area contributed by atoms with Gasteiger partial charge in [0, 0.05) is 16.8 Å². The predicted molar refractivity (Wildman–Crippen MR) is 76.6 cm³/mol. The highest BCUT2D eigenvalue weighted by Crippen LogP contribution is 2.19. The highest BCUT2D eigenvalue weighted by Gasteiger charge is 2.07. The van der Waals surface area contributed by atoms with Gasteiger partial charge in [-0.25, -0.2) is 9.78 Å². The third-order valence-corrected chi connectivity index (χ3v) is 3.30. The van der Waals surface area contributed by atoms with Crippen LogP contribution in [-0.2, 0) is 0 Å². The molecule has 3 N–H and O–H groups in total. The average Bonchev–Trinajstić information content (AvgIpc) is 2.74. The van der Waals surface area contributed by atoms with Crippen LogP contribution in [0.25, 0.3) is 0 Å². The number of thiazole rings is 1. The zero-order valence-corrected chi connectivity index (χ0v) is 11.5. The molecule has 0 fully saturated rings. The Labute approximate surface area is 115 Å². The number of aliphatic hydroxyl groups is 1. The number of carbonyl (C=O) groups is 1. The number of nitrogens with zero attached hydrogens (tertiary/aromatic N) is 1. The fourth-order valence-corrected chi connectivity index (χ4v) is 2.21. The molecule has 1 aromatic heterocycles. The first-order valence-corrected chi connectivity index (χ1v) is 6.64. The van der Waals surface area contributed by atoms with E-state index in [0.29, 0.717) is 10.8 Å². The first kappa shape index (κ1) is 13.5. The summed E-state index contributed by atoms with van der Waals surface area (Å²) in [6.45, 7) is 3.60. The number of amides is 2. The van der Waals surface area contributed by atoms with E-state index in [4.69, 9.17) is 0 Å². The van der Waals surface area contributed by atoms with Crippen molar-refractivity contribution in [2.24, 2.45) is 0 Å². The first-order valence-electron chi connectivity index (χ1n) is 5.83. The zero-order valence-electron chi connectivity index (χ0n) is 10.7. The Kier molecular flexibility index (Phi) is 4.13. The summed E-state index contributed by atoms with van der Waals surface area (Å²) in [6.07, 6.45) is 1.14. The lowest BCUT2D eigenvalue weighted by Gasteiger charge is -2.09. The molecule has 1 aromatic carbocycles. The third kappa shape index (κ3) is 3.77. The second-order valence-corrected chi connectivity index (χ2v) is 5.39. The van der Waals surface area contributed by atoms with Crippen LogP contribution in [-0.4, -0.2) is 16.1 Å². The van der Waals surface area contributed by atoms with Crippen molar-refractivity contribution >= 4 is 28.2 Å². The lowest BCUT2D eigenvalue weighted by Crippen LogP contribution is -2.19. The van der Waals surface area contributed by atoms with Crippen LogP contribution in [0.1, 0.15) is 23.5 Å². The maximum Gasteiger partial charge on any atom is 0.325 e. The number of hydrogen-bond donors (Lipinski definition) is 3. The summed E-state index contributed by atoms with van der Waals surface area (Å²) >= 11 is 1.41. The Hall–Kier alpha value is -1.92. The second kappa shape index (κ2) is 5.81. The molecule has 2 amide bonds. The molecular weight excluding hydrogens is 262 g/mol. The maximum absolute atomic E-state index is 11.8. The Morgan fingerprint density at radius 2 is 2.21 bits per heavy atom. The van der Waals surface area contributed by atoms with E-state index < -0.39 is 6.10 Å². The van der Waals surface area contributed by atoms with Gasteiger partial charge in [0.05, 0.1) is 6.10 Å². The Bertz CT molecular complexity index is 581. The van der Waals surface area contributed by atoms with Crippen LogP contribution in [0.3, 0.4) is 0 Å². The Morgan fingerprint density at radius 3 is 2.84 bits per heavy atom. The fourth-order valence-electron chi connectivity index (χ4n) is 1.55. The van der Waals surface area contributed by atoms with Gasteiger partial charge in [0.25, 0.3) is 0 Å². The molecule has 1 atom stereocenters. The SMILES string of the molecule is Cc1cnc(NC(=O)Nc2cccc(C(C)O)c2)s1. The van der Waals surface area contributed by atoms with Crippen LogP contribution in [0.5, 0.6) is 0 Å². The van der Waals surface area contributed by atoms with Gasteiger partial charge in [-0.15, -0.1) is 11.3 Å². The van der Waals surface area contributed by atoms with Crippen molar-refractivity contribution < 1.29 is 9.90 Å². The summed E-state index contributed by atoms with van der Waals surface area (Å²) in [5.41, 5.74) is 1.38. The Morgan fingerprint density at radius 1 is 1.42 bits per heavy atom. The molecule has 0 spiro atoms.